The molecule has 2 fully saturated rings. The SMILES string of the molecule is Cn1c(CN2CCCCC2)nnc1C1CCCN(C(=O)CN)C1. The van der Waals surface area contributed by atoms with Crippen LogP contribution in [0.3, 0.4) is 0 Å². The number of carbonyl (C=O) groups excluding carboxylic acids is 1. The van der Waals surface area contributed by atoms with Crippen molar-refractivity contribution in [3.63, 3.8) is 0 Å². The average molecular weight is 320 g/mol. The van der Waals surface area contributed by atoms with Crippen LogP contribution in [-0.4, -0.2) is 63.2 Å². The van der Waals surface area contributed by atoms with Crippen LogP contribution in [-0.2, 0) is 18.4 Å². The maximum absolute atomic E-state index is 11.8. The molecule has 2 saturated heterocycles. The summed E-state index contributed by atoms with van der Waals surface area (Å²) >= 11 is 0. The van der Waals surface area contributed by atoms with Crippen LogP contribution in [0.25, 0.3) is 0 Å². The molecule has 23 heavy (non-hydrogen) atoms. The topological polar surface area (TPSA) is 80.3 Å². The quantitative estimate of drug-likeness (QED) is 0.872. The van der Waals surface area contributed by atoms with Gasteiger partial charge in [-0.05, 0) is 38.8 Å². The zero-order chi connectivity index (χ0) is 16.2. The molecule has 128 valence electrons. The molecule has 2 N–H and O–H groups in total. The molecule has 0 saturated carbocycles. The Balaban J connectivity index is 1.67. The van der Waals surface area contributed by atoms with E-state index in [1.54, 1.807) is 0 Å². The van der Waals surface area contributed by atoms with E-state index in [9.17, 15) is 4.79 Å². The Morgan fingerprint density at radius 1 is 1.17 bits per heavy atom. The number of nitrogens with zero attached hydrogens (tertiary/aromatic N) is 5. The van der Waals surface area contributed by atoms with E-state index in [4.69, 9.17) is 5.73 Å². The fourth-order valence-electron chi connectivity index (χ4n) is 3.73. The van der Waals surface area contributed by atoms with Crippen molar-refractivity contribution in [2.45, 2.75) is 44.6 Å². The lowest BCUT2D eigenvalue weighted by Crippen LogP contribution is -2.42. The second-order valence-corrected chi connectivity index (χ2v) is 6.75. The molecular formula is C16H28N6O. The largest absolute Gasteiger partial charge is 0.341 e. The first kappa shape index (κ1) is 16.4. The summed E-state index contributed by atoms with van der Waals surface area (Å²) in [6.07, 6.45) is 5.97. The first-order valence-electron chi connectivity index (χ1n) is 8.77. The first-order valence-corrected chi connectivity index (χ1v) is 8.77. The maximum atomic E-state index is 11.8. The molecule has 2 aliphatic rings. The number of hydrogen-bond acceptors (Lipinski definition) is 5. The summed E-state index contributed by atoms with van der Waals surface area (Å²) in [7, 11) is 2.05. The van der Waals surface area contributed by atoms with Crippen molar-refractivity contribution in [3.8, 4) is 0 Å². The highest BCUT2D eigenvalue weighted by Gasteiger charge is 2.28. The minimum absolute atomic E-state index is 0.0328. The molecule has 0 spiro atoms. The third-order valence-corrected chi connectivity index (χ3v) is 5.13. The van der Waals surface area contributed by atoms with Gasteiger partial charge in [-0.3, -0.25) is 9.69 Å². The second kappa shape index (κ2) is 7.40. The molecule has 1 aromatic rings. The molecule has 3 heterocycles. The van der Waals surface area contributed by atoms with Gasteiger partial charge in [0, 0.05) is 26.1 Å². The summed E-state index contributed by atoms with van der Waals surface area (Å²) in [6, 6.07) is 0. The van der Waals surface area contributed by atoms with Crippen LogP contribution in [0.4, 0.5) is 0 Å². The number of likely N-dealkylation sites (tertiary alicyclic amines) is 2. The molecule has 2 aliphatic heterocycles. The number of piperidine rings is 2. The molecule has 0 radical (unpaired) electrons. The summed E-state index contributed by atoms with van der Waals surface area (Å²) in [6.45, 7) is 4.80. The van der Waals surface area contributed by atoms with Crippen molar-refractivity contribution in [1.29, 1.82) is 0 Å². The monoisotopic (exact) mass is 320 g/mol. The lowest BCUT2D eigenvalue weighted by atomic mass is 9.97. The molecule has 1 aromatic heterocycles. The molecule has 1 atom stereocenters. The first-order chi connectivity index (χ1) is 11.2. The standard InChI is InChI=1S/C16H28N6O/c1-20-14(12-21-7-3-2-4-8-21)18-19-16(20)13-6-5-9-22(11-13)15(23)10-17/h13H,2-12,17H2,1H3. The highest BCUT2D eigenvalue weighted by Crippen LogP contribution is 2.26. The summed E-state index contributed by atoms with van der Waals surface area (Å²) in [4.78, 5) is 16.2. The van der Waals surface area contributed by atoms with Crippen LogP contribution in [0.1, 0.15) is 49.7 Å². The third-order valence-electron chi connectivity index (χ3n) is 5.13. The Hall–Kier alpha value is -1.47. The van der Waals surface area contributed by atoms with E-state index in [1.807, 2.05) is 4.90 Å². The lowest BCUT2D eigenvalue weighted by Gasteiger charge is -2.32. The molecule has 1 amide bonds. The van der Waals surface area contributed by atoms with E-state index in [1.165, 1.54) is 19.3 Å². The van der Waals surface area contributed by atoms with Gasteiger partial charge in [0.2, 0.25) is 5.91 Å². The summed E-state index contributed by atoms with van der Waals surface area (Å²) in [5.74, 6) is 2.34. The van der Waals surface area contributed by atoms with Crippen molar-refractivity contribution in [2.24, 2.45) is 12.8 Å². The Morgan fingerprint density at radius 2 is 1.96 bits per heavy atom. The van der Waals surface area contributed by atoms with Gasteiger partial charge in [-0.15, -0.1) is 10.2 Å². The predicted molar refractivity (Wildman–Crippen MR) is 87.7 cm³/mol. The normalized spacial score (nSPS) is 23.2. The number of aromatic nitrogens is 3. The molecule has 7 nitrogen and oxygen atoms in total. The van der Waals surface area contributed by atoms with Gasteiger partial charge in [-0.2, -0.15) is 0 Å². The average Bonchev–Trinajstić information content (AvgIpc) is 2.96. The Labute approximate surface area is 137 Å². The summed E-state index contributed by atoms with van der Waals surface area (Å²) in [5.41, 5.74) is 5.50. The second-order valence-electron chi connectivity index (χ2n) is 6.75. The van der Waals surface area contributed by atoms with Crippen LogP contribution >= 0.6 is 0 Å². The highest BCUT2D eigenvalue weighted by molar-refractivity contribution is 5.78. The van der Waals surface area contributed by atoms with Gasteiger partial charge in [0.1, 0.15) is 11.6 Å². The molecular weight excluding hydrogens is 292 g/mol. The predicted octanol–water partition coefficient (Wildman–Crippen LogP) is 0.466. The van der Waals surface area contributed by atoms with Crippen LogP contribution in [0.5, 0.6) is 0 Å². The van der Waals surface area contributed by atoms with Crippen molar-refractivity contribution < 1.29 is 4.79 Å². The van der Waals surface area contributed by atoms with Gasteiger partial charge in [0.15, 0.2) is 0 Å². The van der Waals surface area contributed by atoms with Gasteiger partial charge < -0.3 is 15.2 Å². The van der Waals surface area contributed by atoms with Crippen molar-refractivity contribution in [3.05, 3.63) is 11.6 Å². The van der Waals surface area contributed by atoms with Crippen LogP contribution < -0.4 is 5.73 Å². The van der Waals surface area contributed by atoms with E-state index >= 15 is 0 Å². The summed E-state index contributed by atoms with van der Waals surface area (Å²) < 4.78 is 2.13. The van der Waals surface area contributed by atoms with Gasteiger partial charge in [0.05, 0.1) is 13.1 Å². The smallest absolute Gasteiger partial charge is 0.236 e. The van der Waals surface area contributed by atoms with Gasteiger partial charge in [-0.1, -0.05) is 6.42 Å². The molecule has 3 rings (SSSR count). The van der Waals surface area contributed by atoms with Crippen molar-refractivity contribution in [2.75, 3.05) is 32.7 Å². The molecule has 7 heteroatoms. The fourth-order valence-corrected chi connectivity index (χ4v) is 3.73. The number of rotatable bonds is 4. The zero-order valence-corrected chi connectivity index (χ0v) is 14.1. The minimum Gasteiger partial charge on any atom is -0.341 e. The van der Waals surface area contributed by atoms with Gasteiger partial charge in [-0.25, -0.2) is 0 Å². The Morgan fingerprint density at radius 3 is 2.70 bits per heavy atom. The Kier molecular flexibility index (Phi) is 5.27. The van der Waals surface area contributed by atoms with E-state index in [-0.39, 0.29) is 18.4 Å². The zero-order valence-electron chi connectivity index (χ0n) is 14.1. The number of nitrogens with two attached hydrogens (primary N) is 1. The molecule has 1 unspecified atom stereocenters. The number of carbonyl (C=O) groups is 1. The number of hydrogen-bond donors (Lipinski definition) is 1. The van der Waals surface area contributed by atoms with E-state index in [0.29, 0.717) is 6.54 Å². The highest BCUT2D eigenvalue weighted by atomic mass is 16.2. The van der Waals surface area contributed by atoms with Crippen molar-refractivity contribution >= 4 is 5.91 Å². The summed E-state index contributed by atoms with van der Waals surface area (Å²) in [5, 5.41) is 8.86. The van der Waals surface area contributed by atoms with Gasteiger partial charge in [0.25, 0.3) is 0 Å². The van der Waals surface area contributed by atoms with Crippen LogP contribution in [0, 0.1) is 0 Å². The van der Waals surface area contributed by atoms with E-state index in [2.05, 4.69) is 26.7 Å². The molecule has 0 aliphatic carbocycles. The van der Waals surface area contributed by atoms with E-state index < -0.39 is 0 Å². The third kappa shape index (κ3) is 3.72. The van der Waals surface area contributed by atoms with E-state index in [0.717, 1.165) is 50.7 Å². The Bertz CT molecular complexity index is 537. The van der Waals surface area contributed by atoms with Crippen molar-refractivity contribution in [1.82, 2.24) is 24.6 Å². The lowest BCUT2D eigenvalue weighted by molar-refractivity contribution is -0.130. The fraction of sp³-hybridized carbons (Fsp3) is 0.812. The maximum Gasteiger partial charge on any atom is 0.236 e. The number of amides is 1. The molecule has 0 aromatic carbocycles. The van der Waals surface area contributed by atoms with Crippen LogP contribution in [0.2, 0.25) is 0 Å². The molecule has 0 bridgehead atoms. The minimum atomic E-state index is 0.0328. The van der Waals surface area contributed by atoms with Crippen LogP contribution in [0.15, 0.2) is 0 Å². The van der Waals surface area contributed by atoms with Gasteiger partial charge >= 0.3 is 0 Å².